The van der Waals surface area contributed by atoms with Gasteiger partial charge in [-0.25, -0.2) is 4.79 Å². The van der Waals surface area contributed by atoms with Gasteiger partial charge in [0.15, 0.2) is 0 Å². The van der Waals surface area contributed by atoms with Gasteiger partial charge in [-0.2, -0.15) is 0 Å². The summed E-state index contributed by atoms with van der Waals surface area (Å²) in [5, 5.41) is 8.57. The van der Waals surface area contributed by atoms with Crippen LogP contribution in [0, 0.1) is 11.8 Å². The second kappa shape index (κ2) is 5.25. The number of rotatable bonds is 3. The summed E-state index contributed by atoms with van der Waals surface area (Å²) in [4.78, 5) is 12.8. The molecule has 0 radical (unpaired) electrons. The minimum Gasteiger partial charge on any atom is -0.478 e. The maximum absolute atomic E-state index is 10.4. The van der Waals surface area contributed by atoms with E-state index in [1.807, 2.05) is 12.1 Å². The maximum atomic E-state index is 10.4. The zero-order chi connectivity index (χ0) is 13.1. The van der Waals surface area contributed by atoms with Crippen molar-refractivity contribution in [1.82, 2.24) is 0 Å². The van der Waals surface area contributed by atoms with Gasteiger partial charge >= 0.3 is 5.97 Å². The molecular formula is C15H19NO2. The van der Waals surface area contributed by atoms with E-state index in [1.54, 1.807) is 6.08 Å². The molecule has 18 heavy (non-hydrogen) atoms. The quantitative estimate of drug-likeness (QED) is 0.832. The fourth-order valence-corrected chi connectivity index (χ4v) is 2.30. The Labute approximate surface area is 108 Å². The van der Waals surface area contributed by atoms with Gasteiger partial charge in [0.25, 0.3) is 0 Å². The Hall–Kier alpha value is -1.77. The molecule has 1 aliphatic rings. The zero-order valence-electron chi connectivity index (χ0n) is 10.8. The number of aliphatic carboxylic acids is 1. The Bertz CT molecular complexity index is 440. The van der Waals surface area contributed by atoms with Gasteiger partial charge in [0, 0.05) is 24.9 Å². The molecule has 1 heterocycles. The molecule has 1 aliphatic heterocycles. The third-order valence-electron chi connectivity index (χ3n) is 3.66. The number of nitrogens with zero attached hydrogens (tertiary/aromatic N) is 1. The van der Waals surface area contributed by atoms with E-state index in [0.29, 0.717) is 0 Å². The number of anilines is 1. The van der Waals surface area contributed by atoms with Crippen LogP contribution in [0.1, 0.15) is 19.4 Å². The van der Waals surface area contributed by atoms with Gasteiger partial charge in [-0.1, -0.05) is 26.0 Å². The highest BCUT2D eigenvalue weighted by atomic mass is 16.4. The average molecular weight is 245 g/mol. The highest BCUT2D eigenvalue weighted by Gasteiger charge is 2.25. The van der Waals surface area contributed by atoms with Gasteiger partial charge in [0.2, 0.25) is 0 Å². The third kappa shape index (κ3) is 2.92. The molecule has 3 heteroatoms. The molecule has 1 fully saturated rings. The number of benzene rings is 1. The van der Waals surface area contributed by atoms with Crippen molar-refractivity contribution >= 4 is 17.7 Å². The summed E-state index contributed by atoms with van der Waals surface area (Å²) >= 11 is 0. The summed E-state index contributed by atoms with van der Waals surface area (Å²) in [6, 6.07) is 8.05. The van der Waals surface area contributed by atoms with Crippen molar-refractivity contribution < 1.29 is 9.90 Å². The molecule has 2 unspecified atom stereocenters. The van der Waals surface area contributed by atoms with Crippen LogP contribution in [-0.2, 0) is 4.79 Å². The molecule has 0 aromatic heterocycles. The van der Waals surface area contributed by atoms with Crippen molar-refractivity contribution in [3.05, 3.63) is 35.9 Å². The van der Waals surface area contributed by atoms with Crippen molar-refractivity contribution in [1.29, 1.82) is 0 Å². The number of carboxylic acids is 1. The fraction of sp³-hybridized carbons (Fsp3) is 0.400. The van der Waals surface area contributed by atoms with Crippen LogP contribution in [-0.4, -0.2) is 24.2 Å². The van der Waals surface area contributed by atoms with E-state index < -0.39 is 5.97 Å². The van der Waals surface area contributed by atoms with Gasteiger partial charge in [-0.15, -0.1) is 0 Å². The summed E-state index contributed by atoms with van der Waals surface area (Å²) in [7, 11) is 0. The minimum atomic E-state index is -0.915. The molecule has 1 N–H and O–H groups in total. The van der Waals surface area contributed by atoms with Crippen LogP contribution in [0.4, 0.5) is 5.69 Å². The van der Waals surface area contributed by atoms with E-state index in [9.17, 15) is 4.79 Å². The number of carboxylic acid groups (broad SMARTS) is 1. The summed E-state index contributed by atoms with van der Waals surface area (Å²) in [6.07, 6.45) is 2.77. The lowest BCUT2D eigenvalue weighted by molar-refractivity contribution is -0.131. The second-order valence-electron chi connectivity index (χ2n) is 5.12. The van der Waals surface area contributed by atoms with Crippen molar-refractivity contribution in [3.63, 3.8) is 0 Å². The van der Waals surface area contributed by atoms with Gasteiger partial charge in [-0.05, 0) is 35.6 Å². The molecule has 1 saturated heterocycles. The van der Waals surface area contributed by atoms with E-state index in [0.717, 1.165) is 36.6 Å². The molecule has 0 spiro atoms. The fourth-order valence-electron chi connectivity index (χ4n) is 2.30. The Morgan fingerprint density at radius 1 is 1.22 bits per heavy atom. The topological polar surface area (TPSA) is 40.5 Å². The summed E-state index contributed by atoms with van der Waals surface area (Å²) in [5.74, 6) is 0.550. The van der Waals surface area contributed by atoms with Crippen molar-refractivity contribution in [2.24, 2.45) is 11.8 Å². The molecule has 0 saturated carbocycles. The number of carbonyl (C=O) groups is 1. The lowest BCUT2D eigenvalue weighted by Crippen LogP contribution is -2.19. The zero-order valence-corrected chi connectivity index (χ0v) is 10.8. The van der Waals surface area contributed by atoms with Gasteiger partial charge < -0.3 is 10.0 Å². The van der Waals surface area contributed by atoms with Crippen LogP contribution in [0.2, 0.25) is 0 Å². The second-order valence-corrected chi connectivity index (χ2v) is 5.12. The average Bonchev–Trinajstić information content (AvgIpc) is 2.68. The predicted molar refractivity (Wildman–Crippen MR) is 73.7 cm³/mol. The first-order valence-corrected chi connectivity index (χ1v) is 6.32. The molecule has 1 aromatic carbocycles. The molecule has 0 aliphatic carbocycles. The Balaban J connectivity index is 2.06. The molecule has 2 rings (SSSR count). The van der Waals surface area contributed by atoms with E-state index in [4.69, 9.17) is 5.11 Å². The van der Waals surface area contributed by atoms with Crippen LogP contribution in [0.25, 0.3) is 6.08 Å². The van der Waals surface area contributed by atoms with E-state index in [2.05, 4.69) is 30.9 Å². The first-order chi connectivity index (χ1) is 8.56. The highest BCUT2D eigenvalue weighted by molar-refractivity contribution is 5.85. The standard InChI is InChI=1S/C15H19NO2/c1-11-9-16(10-12(11)2)14-6-3-13(4-7-14)5-8-15(17)18/h3-8,11-12H,9-10H2,1-2H3,(H,17,18). The first kappa shape index (κ1) is 12.7. The summed E-state index contributed by atoms with van der Waals surface area (Å²) in [5.41, 5.74) is 2.14. The summed E-state index contributed by atoms with van der Waals surface area (Å²) < 4.78 is 0. The molecule has 3 nitrogen and oxygen atoms in total. The van der Waals surface area contributed by atoms with Crippen LogP contribution in [0.3, 0.4) is 0 Å². The molecule has 1 aromatic rings. The lowest BCUT2D eigenvalue weighted by atomic mass is 10.0. The van der Waals surface area contributed by atoms with Crippen LogP contribution >= 0.6 is 0 Å². The Morgan fingerprint density at radius 3 is 2.28 bits per heavy atom. The van der Waals surface area contributed by atoms with Crippen molar-refractivity contribution in [2.45, 2.75) is 13.8 Å². The first-order valence-electron chi connectivity index (χ1n) is 6.32. The lowest BCUT2D eigenvalue weighted by Gasteiger charge is -2.18. The molecular weight excluding hydrogens is 226 g/mol. The third-order valence-corrected chi connectivity index (χ3v) is 3.66. The highest BCUT2D eigenvalue weighted by Crippen LogP contribution is 2.27. The predicted octanol–water partition coefficient (Wildman–Crippen LogP) is 2.88. The van der Waals surface area contributed by atoms with Gasteiger partial charge in [0.1, 0.15) is 0 Å². The van der Waals surface area contributed by atoms with Gasteiger partial charge in [-0.3, -0.25) is 0 Å². The molecule has 0 amide bonds. The van der Waals surface area contributed by atoms with Gasteiger partial charge in [0.05, 0.1) is 0 Å². The van der Waals surface area contributed by atoms with E-state index >= 15 is 0 Å². The minimum absolute atomic E-state index is 0.733. The van der Waals surface area contributed by atoms with Crippen molar-refractivity contribution in [2.75, 3.05) is 18.0 Å². The van der Waals surface area contributed by atoms with Crippen LogP contribution < -0.4 is 4.90 Å². The maximum Gasteiger partial charge on any atom is 0.328 e. The van der Waals surface area contributed by atoms with Crippen LogP contribution in [0.15, 0.2) is 30.3 Å². The smallest absolute Gasteiger partial charge is 0.328 e. The largest absolute Gasteiger partial charge is 0.478 e. The SMILES string of the molecule is CC1CN(c2ccc(C=CC(=O)O)cc2)CC1C. The monoisotopic (exact) mass is 245 g/mol. The Kier molecular flexibility index (Phi) is 3.70. The molecule has 96 valence electrons. The number of hydrogen-bond acceptors (Lipinski definition) is 2. The van der Waals surface area contributed by atoms with Crippen LogP contribution in [0.5, 0.6) is 0 Å². The van der Waals surface area contributed by atoms with Crippen molar-refractivity contribution in [3.8, 4) is 0 Å². The Morgan fingerprint density at radius 2 is 1.78 bits per heavy atom. The normalized spacial score (nSPS) is 23.8. The molecule has 2 atom stereocenters. The number of hydrogen-bond donors (Lipinski definition) is 1. The van der Waals surface area contributed by atoms with E-state index in [1.165, 1.54) is 5.69 Å². The summed E-state index contributed by atoms with van der Waals surface area (Å²) in [6.45, 7) is 6.78. The molecule has 0 bridgehead atoms. The van der Waals surface area contributed by atoms with E-state index in [-0.39, 0.29) is 0 Å².